The van der Waals surface area contributed by atoms with Gasteiger partial charge in [-0.15, -0.1) is 0 Å². The Morgan fingerprint density at radius 3 is 2.35 bits per heavy atom. The van der Waals surface area contributed by atoms with Crippen molar-refractivity contribution in [2.24, 2.45) is 0 Å². The van der Waals surface area contributed by atoms with Crippen LogP contribution in [0.4, 0.5) is 0 Å². The van der Waals surface area contributed by atoms with Crippen molar-refractivity contribution in [3.05, 3.63) is 93.8 Å². The Balaban J connectivity index is 1.67. The molecule has 0 fully saturated rings. The molecule has 1 aromatic heterocycles. The Morgan fingerprint density at radius 2 is 1.61 bits per heavy atom. The van der Waals surface area contributed by atoms with Gasteiger partial charge in [0.1, 0.15) is 17.1 Å². The monoisotopic (exact) mass is 416 g/mol. The van der Waals surface area contributed by atoms with Gasteiger partial charge in [0, 0.05) is 6.07 Å². The third-order valence-electron chi connectivity index (χ3n) is 4.84. The van der Waals surface area contributed by atoms with Crippen LogP contribution in [0.25, 0.3) is 11.0 Å². The Bertz CT molecular complexity index is 1340. The van der Waals surface area contributed by atoms with E-state index in [1.807, 2.05) is 19.1 Å². The number of para-hydroxylation sites is 2. The zero-order valence-electron chi connectivity index (χ0n) is 17.3. The van der Waals surface area contributed by atoms with Gasteiger partial charge in [0.2, 0.25) is 11.2 Å². The summed E-state index contributed by atoms with van der Waals surface area (Å²) in [6.45, 7) is 3.47. The number of methoxy groups -OCH3 is 1. The fourth-order valence-electron chi connectivity index (χ4n) is 3.23. The zero-order chi connectivity index (χ0) is 22.0. The van der Waals surface area contributed by atoms with Gasteiger partial charge in [0.15, 0.2) is 11.5 Å². The molecule has 0 N–H and O–H groups in total. The minimum atomic E-state index is -0.479. The van der Waals surface area contributed by atoms with Crippen molar-refractivity contribution in [1.82, 2.24) is 0 Å². The number of carbonyl (C=O) groups is 1. The third-order valence-corrected chi connectivity index (χ3v) is 4.84. The Morgan fingerprint density at radius 1 is 0.903 bits per heavy atom. The van der Waals surface area contributed by atoms with Crippen molar-refractivity contribution >= 4 is 16.9 Å². The number of esters is 1. The molecule has 156 valence electrons. The molecule has 6 heteroatoms. The van der Waals surface area contributed by atoms with Gasteiger partial charge in [-0.1, -0.05) is 30.3 Å². The first-order chi connectivity index (χ1) is 15.0. The van der Waals surface area contributed by atoms with E-state index in [2.05, 4.69) is 0 Å². The average Bonchev–Trinajstić information content (AvgIpc) is 2.77. The summed E-state index contributed by atoms with van der Waals surface area (Å²) in [5.74, 6) is 1.07. The predicted octanol–water partition coefficient (Wildman–Crippen LogP) is 5.43. The molecule has 6 nitrogen and oxygen atoms in total. The van der Waals surface area contributed by atoms with Gasteiger partial charge in [0.05, 0.1) is 18.1 Å². The molecular weight excluding hydrogens is 396 g/mol. The van der Waals surface area contributed by atoms with Crippen LogP contribution in [-0.4, -0.2) is 13.1 Å². The van der Waals surface area contributed by atoms with Crippen molar-refractivity contribution in [2.75, 3.05) is 7.11 Å². The van der Waals surface area contributed by atoms with Crippen LogP contribution >= 0.6 is 0 Å². The van der Waals surface area contributed by atoms with Gasteiger partial charge in [-0.25, -0.2) is 4.79 Å². The highest BCUT2D eigenvalue weighted by Gasteiger charge is 2.17. The van der Waals surface area contributed by atoms with E-state index < -0.39 is 5.97 Å². The molecule has 1 heterocycles. The number of aryl methyl sites for hydroxylation is 2. The fraction of sp³-hybridized carbons (Fsp3) is 0.120. The number of benzene rings is 3. The number of rotatable bonds is 5. The zero-order valence-corrected chi connectivity index (χ0v) is 17.3. The lowest BCUT2D eigenvalue weighted by Gasteiger charge is -2.12. The quantitative estimate of drug-likeness (QED) is 0.319. The van der Waals surface area contributed by atoms with Crippen LogP contribution in [0.1, 0.15) is 21.7 Å². The maximum absolute atomic E-state index is 13.0. The van der Waals surface area contributed by atoms with E-state index in [-0.39, 0.29) is 16.9 Å². The minimum absolute atomic E-state index is 0.0710. The summed E-state index contributed by atoms with van der Waals surface area (Å²) >= 11 is 0. The standard InChI is InChI=1S/C25H20O6/c1-15-8-4-5-9-18(15)25(27)30-17-12-13-19-22(14-17)29-16(2)24(23(19)26)31-21-11-7-6-10-20(21)28-3/h4-14H,1-3H3. The number of ether oxygens (including phenoxy) is 3. The summed E-state index contributed by atoms with van der Waals surface area (Å²) in [5.41, 5.74) is 1.25. The van der Waals surface area contributed by atoms with Crippen LogP contribution < -0.4 is 19.6 Å². The van der Waals surface area contributed by atoms with Crippen LogP contribution in [0, 0.1) is 13.8 Å². The topological polar surface area (TPSA) is 75.0 Å². The molecule has 0 bridgehead atoms. The van der Waals surface area contributed by atoms with E-state index in [9.17, 15) is 9.59 Å². The highest BCUT2D eigenvalue weighted by molar-refractivity contribution is 5.93. The van der Waals surface area contributed by atoms with E-state index >= 15 is 0 Å². The van der Waals surface area contributed by atoms with E-state index in [1.165, 1.54) is 13.2 Å². The molecule has 0 aliphatic carbocycles. The Kier molecular flexibility index (Phi) is 5.45. The van der Waals surface area contributed by atoms with Crippen LogP contribution in [0.3, 0.4) is 0 Å². The number of fused-ring (bicyclic) bond motifs is 1. The van der Waals surface area contributed by atoms with Gasteiger partial charge in [-0.2, -0.15) is 0 Å². The number of carbonyl (C=O) groups excluding carboxylic acids is 1. The summed E-state index contributed by atoms with van der Waals surface area (Å²) in [4.78, 5) is 25.5. The molecule has 0 unspecified atom stereocenters. The van der Waals surface area contributed by atoms with Crippen molar-refractivity contribution in [3.63, 3.8) is 0 Å². The van der Waals surface area contributed by atoms with Gasteiger partial charge < -0.3 is 18.6 Å². The average molecular weight is 416 g/mol. The maximum atomic E-state index is 13.0. The SMILES string of the molecule is COc1ccccc1Oc1c(C)oc2cc(OC(=O)c3ccccc3C)ccc2c1=O. The molecule has 0 saturated carbocycles. The molecule has 0 aliphatic heterocycles. The largest absolute Gasteiger partial charge is 0.493 e. The molecule has 31 heavy (non-hydrogen) atoms. The third kappa shape index (κ3) is 4.00. The second-order valence-corrected chi connectivity index (χ2v) is 6.93. The lowest BCUT2D eigenvalue weighted by atomic mass is 10.1. The molecule has 0 spiro atoms. The van der Waals surface area contributed by atoms with Crippen LogP contribution in [0.15, 0.2) is 75.9 Å². The molecule has 4 aromatic rings. The first-order valence-corrected chi connectivity index (χ1v) is 9.64. The molecular formula is C25H20O6. The smallest absolute Gasteiger partial charge is 0.343 e. The maximum Gasteiger partial charge on any atom is 0.343 e. The summed E-state index contributed by atoms with van der Waals surface area (Å²) in [6.07, 6.45) is 0. The Labute approximate surface area is 178 Å². The molecule has 0 atom stereocenters. The minimum Gasteiger partial charge on any atom is -0.493 e. The molecule has 0 aliphatic rings. The lowest BCUT2D eigenvalue weighted by molar-refractivity contribution is 0.0734. The summed E-state index contributed by atoms with van der Waals surface area (Å²) in [7, 11) is 1.53. The van der Waals surface area contributed by atoms with Crippen molar-refractivity contribution in [2.45, 2.75) is 13.8 Å². The van der Waals surface area contributed by atoms with Crippen LogP contribution in [0.5, 0.6) is 23.0 Å². The van der Waals surface area contributed by atoms with E-state index in [4.69, 9.17) is 18.6 Å². The molecule has 0 radical (unpaired) electrons. The highest BCUT2D eigenvalue weighted by Crippen LogP contribution is 2.32. The molecule has 4 rings (SSSR count). The second kappa shape index (κ2) is 8.36. The Hall–Kier alpha value is -4.06. The van der Waals surface area contributed by atoms with Crippen LogP contribution in [-0.2, 0) is 0 Å². The van der Waals surface area contributed by atoms with Gasteiger partial charge in [0.25, 0.3) is 0 Å². The van der Waals surface area contributed by atoms with Crippen LogP contribution in [0.2, 0.25) is 0 Å². The molecule has 0 amide bonds. The van der Waals surface area contributed by atoms with Gasteiger partial charge >= 0.3 is 5.97 Å². The fourth-order valence-corrected chi connectivity index (χ4v) is 3.23. The van der Waals surface area contributed by atoms with Crippen molar-refractivity contribution in [1.29, 1.82) is 0 Å². The van der Waals surface area contributed by atoms with Crippen molar-refractivity contribution < 1.29 is 23.4 Å². The molecule has 0 saturated heterocycles. The summed E-state index contributed by atoms with van der Waals surface area (Å²) in [5, 5.41) is 0.311. The first kappa shape index (κ1) is 20.2. The normalized spacial score (nSPS) is 10.7. The summed E-state index contributed by atoms with van der Waals surface area (Å²) < 4.78 is 22.4. The van der Waals surface area contributed by atoms with Gasteiger partial charge in [-0.05, 0) is 49.7 Å². The first-order valence-electron chi connectivity index (χ1n) is 9.64. The van der Waals surface area contributed by atoms with E-state index in [0.717, 1.165) is 5.56 Å². The molecule has 3 aromatic carbocycles. The lowest BCUT2D eigenvalue weighted by Crippen LogP contribution is -2.11. The van der Waals surface area contributed by atoms with Crippen molar-refractivity contribution in [3.8, 4) is 23.0 Å². The highest BCUT2D eigenvalue weighted by atomic mass is 16.5. The summed E-state index contributed by atoms with van der Waals surface area (Å²) in [6, 6.07) is 18.8. The van der Waals surface area contributed by atoms with E-state index in [0.29, 0.717) is 33.8 Å². The number of hydrogen-bond donors (Lipinski definition) is 0. The number of hydrogen-bond acceptors (Lipinski definition) is 6. The predicted molar refractivity (Wildman–Crippen MR) is 116 cm³/mol. The van der Waals surface area contributed by atoms with E-state index in [1.54, 1.807) is 55.5 Å². The second-order valence-electron chi connectivity index (χ2n) is 6.93. The van der Waals surface area contributed by atoms with Gasteiger partial charge in [-0.3, -0.25) is 4.79 Å².